The first-order valence-corrected chi connectivity index (χ1v) is 8.82. The molecule has 140 valence electrons. The predicted molar refractivity (Wildman–Crippen MR) is 103 cm³/mol. The van der Waals surface area contributed by atoms with E-state index in [1.807, 2.05) is 42.5 Å². The molecule has 0 heterocycles. The van der Waals surface area contributed by atoms with E-state index in [0.29, 0.717) is 18.1 Å². The molecule has 0 aliphatic rings. The molecule has 2 aromatic rings. The van der Waals surface area contributed by atoms with Gasteiger partial charge in [-0.15, -0.1) is 0 Å². The summed E-state index contributed by atoms with van der Waals surface area (Å²) in [6.07, 6.45) is 3.22. The van der Waals surface area contributed by atoms with Crippen molar-refractivity contribution >= 4 is 0 Å². The van der Waals surface area contributed by atoms with E-state index in [4.69, 9.17) is 14.9 Å². The van der Waals surface area contributed by atoms with Gasteiger partial charge in [-0.3, -0.25) is 0 Å². The molecule has 0 spiro atoms. The second-order valence-corrected chi connectivity index (χ2v) is 7.17. The fraction of sp³-hybridized carbons (Fsp3) is 0.364. The Morgan fingerprint density at radius 2 is 1.73 bits per heavy atom. The van der Waals surface area contributed by atoms with Gasteiger partial charge >= 0.3 is 0 Å². The third-order valence-electron chi connectivity index (χ3n) is 4.13. The normalized spacial score (nSPS) is 13.3. The maximum atomic E-state index is 9.74. The highest BCUT2D eigenvalue weighted by atomic mass is 16.5. The van der Waals surface area contributed by atoms with Crippen molar-refractivity contribution in [3.8, 4) is 5.75 Å². The third-order valence-corrected chi connectivity index (χ3v) is 4.13. The van der Waals surface area contributed by atoms with Gasteiger partial charge in [0.05, 0.1) is 5.60 Å². The van der Waals surface area contributed by atoms with E-state index in [1.54, 1.807) is 26.0 Å². The molecule has 0 aromatic heterocycles. The van der Waals surface area contributed by atoms with Crippen LogP contribution in [0.5, 0.6) is 5.75 Å². The summed E-state index contributed by atoms with van der Waals surface area (Å²) < 4.78 is 5.86. The highest BCUT2D eigenvalue weighted by Crippen LogP contribution is 2.24. The second-order valence-electron chi connectivity index (χ2n) is 7.17. The molecule has 4 nitrogen and oxygen atoms in total. The Bertz CT molecular complexity index is 712. The molecule has 0 bridgehead atoms. The van der Waals surface area contributed by atoms with Crippen molar-refractivity contribution < 1.29 is 20.1 Å². The van der Waals surface area contributed by atoms with E-state index in [2.05, 4.69) is 13.0 Å². The minimum absolute atomic E-state index is 0.322. The smallest absolute Gasteiger partial charge is 0.178 e. The zero-order valence-corrected chi connectivity index (χ0v) is 15.6. The lowest BCUT2D eigenvalue weighted by Crippen LogP contribution is -2.13. The van der Waals surface area contributed by atoms with Crippen LogP contribution in [0.3, 0.4) is 0 Å². The second kappa shape index (κ2) is 8.99. The number of ether oxygens (including phenoxy) is 1. The largest absolute Gasteiger partial charge is 0.489 e. The monoisotopic (exact) mass is 356 g/mol. The lowest BCUT2D eigenvalue weighted by atomic mass is 9.96. The molecular formula is C22H28O4. The summed E-state index contributed by atoms with van der Waals surface area (Å²) in [5.41, 5.74) is 1.82. The van der Waals surface area contributed by atoms with Crippen molar-refractivity contribution in [1.29, 1.82) is 0 Å². The van der Waals surface area contributed by atoms with Crippen LogP contribution in [0, 0.1) is 0 Å². The summed E-state index contributed by atoms with van der Waals surface area (Å²) in [4.78, 5) is 0. The van der Waals surface area contributed by atoms with Crippen LogP contribution < -0.4 is 4.74 Å². The SMILES string of the molecule is CC(CC=CC(C)(C)O)c1cccc(OCc2ccc(C(O)O)cc2)c1. The van der Waals surface area contributed by atoms with Crippen molar-refractivity contribution in [1.82, 2.24) is 0 Å². The van der Waals surface area contributed by atoms with E-state index in [1.165, 1.54) is 5.56 Å². The molecule has 26 heavy (non-hydrogen) atoms. The molecule has 0 saturated heterocycles. The predicted octanol–water partition coefficient (Wildman–Crippen LogP) is 4.07. The van der Waals surface area contributed by atoms with E-state index in [-0.39, 0.29) is 0 Å². The van der Waals surface area contributed by atoms with Crippen LogP contribution in [0.15, 0.2) is 60.7 Å². The van der Waals surface area contributed by atoms with Gasteiger partial charge in [0.2, 0.25) is 0 Å². The van der Waals surface area contributed by atoms with Crippen LogP contribution in [-0.2, 0) is 6.61 Å². The molecule has 0 aliphatic heterocycles. The Kier molecular flexibility index (Phi) is 6.98. The van der Waals surface area contributed by atoms with Gasteiger partial charge in [-0.2, -0.15) is 0 Å². The fourth-order valence-electron chi connectivity index (χ4n) is 2.56. The molecular weight excluding hydrogens is 328 g/mol. The Labute approximate surface area is 155 Å². The Balaban J connectivity index is 1.94. The summed E-state index contributed by atoms with van der Waals surface area (Å²) in [7, 11) is 0. The molecule has 0 aliphatic carbocycles. The highest BCUT2D eigenvalue weighted by molar-refractivity contribution is 5.31. The lowest BCUT2D eigenvalue weighted by Gasteiger charge is -2.14. The number of hydrogen-bond acceptors (Lipinski definition) is 4. The average molecular weight is 356 g/mol. The van der Waals surface area contributed by atoms with E-state index >= 15 is 0 Å². The van der Waals surface area contributed by atoms with Crippen molar-refractivity contribution in [3.63, 3.8) is 0 Å². The molecule has 1 unspecified atom stereocenters. The summed E-state index contributed by atoms with van der Waals surface area (Å²) in [6, 6.07) is 15.0. The van der Waals surface area contributed by atoms with Crippen LogP contribution >= 0.6 is 0 Å². The first-order valence-electron chi connectivity index (χ1n) is 8.82. The van der Waals surface area contributed by atoms with Gasteiger partial charge < -0.3 is 20.1 Å². The topological polar surface area (TPSA) is 69.9 Å². The highest BCUT2D eigenvalue weighted by Gasteiger charge is 2.09. The molecule has 4 heteroatoms. The van der Waals surface area contributed by atoms with Gasteiger partial charge in [-0.1, -0.05) is 55.5 Å². The first-order chi connectivity index (χ1) is 12.2. The van der Waals surface area contributed by atoms with Crippen LogP contribution in [0.4, 0.5) is 0 Å². The van der Waals surface area contributed by atoms with Gasteiger partial charge in [-0.05, 0) is 49.4 Å². The summed E-state index contributed by atoms with van der Waals surface area (Å²) >= 11 is 0. The minimum atomic E-state index is -1.45. The average Bonchev–Trinajstić information content (AvgIpc) is 2.59. The molecule has 2 rings (SSSR count). The van der Waals surface area contributed by atoms with Gasteiger partial charge in [0, 0.05) is 5.56 Å². The molecule has 2 aromatic carbocycles. The third kappa shape index (κ3) is 6.64. The fourth-order valence-corrected chi connectivity index (χ4v) is 2.56. The number of benzene rings is 2. The number of rotatable bonds is 8. The zero-order valence-electron chi connectivity index (χ0n) is 15.6. The van der Waals surface area contributed by atoms with Crippen LogP contribution in [0.25, 0.3) is 0 Å². The number of aliphatic hydroxyl groups is 3. The number of allylic oxidation sites excluding steroid dienone is 1. The molecule has 1 atom stereocenters. The van der Waals surface area contributed by atoms with E-state index < -0.39 is 11.9 Å². The molecule has 0 amide bonds. The minimum Gasteiger partial charge on any atom is -0.489 e. The van der Waals surface area contributed by atoms with Gasteiger partial charge in [0.25, 0.3) is 0 Å². The van der Waals surface area contributed by atoms with Crippen molar-refractivity contribution in [2.75, 3.05) is 0 Å². The van der Waals surface area contributed by atoms with Gasteiger partial charge in [0.1, 0.15) is 12.4 Å². The summed E-state index contributed by atoms with van der Waals surface area (Å²) in [5, 5.41) is 28.0. The van der Waals surface area contributed by atoms with Crippen molar-refractivity contribution in [2.24, 2.45) is 0 Å². The number of aliphatic hydroxyl groups excluding tert-OH is 1. The van der Waals surface area contributed by atoms with Crippen LogP contribution in [0.1, 0.15) is 56.1 Å². The van der Waals surface area contributed by atoms with Crippen LogP contribution in [0.2, 0.25) is 0 Å². The Morgan fingerprint density at radius 1 is 1.04 bits per heavy atom. The maximum Gasteiger partial charge on any atom is 0.178 e. The standard InChI is InChI=1S/C22H28O4/c1-16(6-5-13-22(2,3)25)19-7-4-8-20(14-19)26-15-17-9-11-18(12-10-17)21(23)24/h4-5,7-14,16,21,23-25H,6,15H2,1-3H3. The zero-order chi connectivity index (χ0) is 19.2. The van der Waals surface area contributed by atoms with Crippen LogP contribution in [-0.4, -0.2) is 20.9 Å². The van der Waals surface area contributed by atoms with Crippen molar-refractivity contribution in [3.05, 3.63) is 77.4 Å². The Hall–Kier alpha value is -2.14. The first kappa shape index (κ1) is 20.2. The summed E-state index contributed by atoms with van der Waals surface area (Å²) in [5.74, 6) is 1.12. The number of hydrogen-bond donors (Lipinski definition) is 3. The summed E-state index contributed by atoms with van der Waals surface area (Å²) in [6.45, 7) is 6.08. The molecule has 0 radical (unpaired) electrons. The quantitative estimate of drug-likeness (QED) is 0.493. The maximum absolute atomic E-state index is 9.74. The Morgan fingerprint density at radius 3 is 2.35 bits per heavy atom. The lowest BCUT2D eigenvalue weighted by molar-refractivity contribution is -0.0425. The molecule has 0 saturated carbocycles. The molecule has 0 fully saturated rings. The molecule has 3 N–H and O–H groups in total. The van der Waals surface area contributed by atoms with Gasteiger partial charge in [-0.25, -0.2) is 0 Å². The van der Waals surface area contributed by atoms with Crippen molar-refractivity contribution in [2.45, 2.75) is 51.6 Å². The van der Waals surface area contributed by atoms with E-state index in [0.717, 1.165) is 17.7 Å². The van der Waals surface area contributed by atoms with E-state index in [9.17, 15) is 5.11 Å². The van der Waals surface area contributed by atoms with Gasteiger partial charge in [0.15, 0.2) is 6.29 Å².